The van der Waals surface area contributed by atoms with Crippen LogP contribution in [0.4, 0.5) is 4.39 Å². The molecular formula is C22H23FN2O4. The van der Waals surface area contributed by atoms with Gasteiger partial charge in [-0.3, -0.25) is 9.59 Å². The van der Waals surface area contributed by atoms with Gasteiger partial charge in [-0.15, -0.1) is 0 Å². The number of likely N-dealkylation sites (tertiary alicyclic amines) is 1. The summed E-state index contributed by atoms with van der Waals surface area (Å²) in [4.78, 5) is 26.9. The highest BCUT2D eigenvalue weighted by atomic mass is 19.1. The fourth-order valence-corrected chi connectivity index (χ4v) is 3.84. The van der Waals surface area contributed by atoms with Gasteiger partial charge in [0.05, 0.1) is 24.3 Å². The lowest BCUT2D eigenvalue weighted by molar-refractivity contribution is -0.149. The van der Waals surface area contributed by atoms with Crippen molar-refractivity contribution < 1.29 is 23.1 Å². The Labute approximate surface area is 167 Å². The first-order chi connectivity index (χ1) is 14.1. The molecule has 4 rings (SSSR count). The molecule has 0 saturated carbocycles. The molecule has 29 heavy (non-hydrogen) atoms. The summed E-state index contributed by atoms with van der Waals surface area (Å²) in [6, 6.07) is 9.81. The fraction of sp³-hybridized carbons (Fsp3) is 0.364. The van der Waals surface area contributed by atoms with E-state index in [-0.39, 0.29) is 23.6 Å². The van der Waals surface area contributed by atoms with Gasteiger partial charge in [-0.25, -0.2) is 4.39 Å². The zero-order valence-corrected chi connectivity index (χ0v) is 16.3. The molecule has 0 radical (unpaired) electrons. The maximum Gasteiger partial charge on any atom is 0.309 e. The lowest BCUT2D eigenvalue weighted by Crippen LogP contribution is -2.41. The summed E-state index contributed by atoms with van der Waals surface area (Å²) in [6.45, 7) is 3.61. The van der Waals surface area contributed by atoms with E-state index in [4.69, 9.17) is 9.15 Å². The Balaban J connectivity index is 1.54. The van der Waals surface area contributed by atoms with Crippen molar-refractivity contribution in [3.05, 3.63) is 59.7 Å². The van der Waals surface area contributed by atoms with Crippen LogP contribution in [-0.4, -0.2) is 41.0 Å². The summed E-state index contributed by atoms with van der Waals surface area (Å²) in [5.41, 5.74) is 2.87. The van der Waals surface area contributed by atoms with Gasteiger partial charge >= 0.3 is 5.97 Å². The first-order valence-electron chi connectivity index (χ1n) is 9.84. The standard InChI is InChI=1S/C22H23FN2O4/c1-2-28-22(27)16-7-10-24(11-8-16)21(26)19-13-20-18(9-12-29-20)25(19)14-15-3-5-17(23)6-4-15/h3-6,9,12-13,16H,2,7-8,10-11,14H2,1H3. The number of hydrogen-bond acceptors (Lipinski definition) is 4. The molecule has 7 heteroatoms. The summed E-state index contributed by atoms with van der Waals surface area (Å²) >= 11 is 0. The number of esters is 1. The number of benzene rings is 1. The van der Waals surface area contributed by atoms with Gasteiger partial charge in [-0.1, -0.05) is 12.1 Å². The number of nitrogens with zero attached hydrogens (tertiary/aromatic N) is 2. The van der Waals surface area contributed by atoms with Crippen LogP contribution < -0.4 is 0 Å². The highest BCUT2D eigenvalue weighted by molar-refractivity contribution is 5.97. The predicted octanol–water partition coefficient (Wildman–Crippen LogP) is 3.84. The number of piperidine rings is 1. The van der Waals surface area contributed by atoms with Crippen LogP contribution in [0.3, 0.4) is 0 Å². The molecule has 1 fully saturated rings. The van der Waals surface area contributed by atoms with Crippen LogP contribution in [0.25, 0.3) is 11.1 Å². The van der Waals surface area contributed by atoms with Gasteiger partial charge in [0.1, 0.15) is 11.5 Å². The van der Waals surface area contributed by atoms with Crippen LogP contribution >= 0.6 is 0 Å². The van der Waals surface area contributed by atoms with E-state index in [1.54, 1.807) is 36.3 Å². The van der Waals surface area contributed by atoms with Gasteiger partial charge in [0.15, 0.2) is 5.58 Å². The first-order valence-corrected chi connectivity index (χ1v) is 9.84. The van der Waals surface area contributed by atoms with E-state index in [2.05, 4.69) is 0 Å². The van der Waals surface area contributed by atoms with Gasteiger partial charge in [-0.05, 0) is 37.5 Å². The van der Waals surface area contributed by atoms with Gasteiger partial charge in [0.25, 0.3) is 5.91 Å². The van der Waals surface area contributed by atoms with Crippen LogP contribution in [0, 0.1) is 11.7 Å². The van der Waals surface area contributed by atoms with Crippen molar-refractivity contribution in [2.45, 2.75) is 26.3 Å². The molecular weight excluding hydrogens is 375 g/mol. The van der Waals surface area contributed by atoms with E-state index in [9.17, 15) is 14.0 Å². The smallest absolute Gasteiger partial charge is 0.309 e. The number of carbonyl (C=O) groups is 2. The van der Waals surface area contributed by atoms with Crippen molar-refractivity contribution in [3.63, 3.8) is 0 Å². The molecule has 1 aliphatic heterocycles. The zero-order valence-electron chi connectivity index (χ0n) is 16.3. The number of hydrogen-bond donors (Lipinski definition) is 0. The molecule has 0 atom stereocenters. The fourth-order valence-electron chi connectivity index (χ4n) is 3.84. The third-order valence-corrected chi connectivity index (χ3v) is 5.40. The summed E-state index contributed by atoms with van der Waals surface area (Å²) < 4.78 is 25.7. The molecule has 1 aromatic carbocycles. The number of rotatable bonds is 5. The SMILES string of the molecule is CCOC(=O)C1CCN(C(=O)c2cc3occc3n2Cc2ccc(F)cc2)CC1. The molecule has 1 aliphatic rings. The topological polar surface area (TPSA) is 64.7 Å². The summed E-state index contributed by atoms with van der Waals surface area (Å²) in [6.07, 6.45) is 2.78. The molecule has 2 aromatic heterocycles. The van der Waals surface area contributed by atoms with Crippen molar-refractivity contribution in [1.82, 2.24) is 9.47 Å². The van der Waals surface area contributed by atoms with Crippen molar-refractivity contribution in [1.29, 1.82) is 0 Å². The molecule has 0 bridgehead atoms. The second-order valence-corrected chi connectivity index (χ2v) is 7.23. The number of furan rings is 1. The quantitative estimate of drug-likeness (QED) is 0.613. The number of fused-ring (bicyclic) bond motifs is 1. The first kappa shape index (κ1) is 19.2. The largest absolute Gasteiger partial charge is 0.466 e. The average Bonchev–Trinajstić information content (AvgIpc) is 3.32. The molecule has 0 spiro atoms. The van der Waals surface area contributed by atoms with Crippen LogP contribution in [0.15, 0.2) is 47.1 Å². The van der Waals surface area contributed by atoms with Gasteiger partial charge in [0, 0.05) is 31.8 Å². The lowest BCUT2D eigenvalue weighted by atomic mass is 9.97. The molecule has 6 nitrogen and oxygen atoms in total. The van der Waals surface area contributed by atoms with Gasteiger partial charge in [-0.2, -0.15) is 0 Å². The Morgan fingerprint density at radius 3 is 2.59 bits per heavy atom. The third-order valence-electron chi connectivity index (χ3n) is 5.40. The Morgan fingerprint density at radius 1 is 1.17 bits per heavy atom. The van der Waals surface area contributed by atoms with Crippen molar-refractivity contribution >= 4 is 23.0 Å². The number of amides is 1. The van der Waals surface area contributed by atoms with Gasteiger partial charge < -0.3 is 18.6 Å². The van der Waals surface area contributed by atoms with E-state index in [1.807, 2.05) is 10.6 Å². The molecule has 1 amide bonds. The minimum absolute atomic E-state index is 0.0965. The monoisotopic (exact) mass is 398 g/mol. The van der Waals surface area contributed by atoms with Crippen LogP contribution in [-0.2, 0) is 16.1 Å². The lowest BCUT2D eigenvalue weighted by Gasteiger charge is -2.31. The highest BCUT2D eigenvalue weighted by Crippen LogP contribution is 2.26. The molecule has 0 unspecified atom stereocenters. The molecule has 0 N–H and O–H groups in total. The van der Waals surface area contributed by atoms with Crippen molar-refractivity contribution in [2.24, 2.45) is 5.92 Å². The number of halogens is 1. The third kappa shape index (κ3) is 3.90. The van der Waals surface area contributed by atoms with E-state index in [0.29, 0.717) is 50.4 Å². The molecule has 1 saturated heterocycles. The number of carbonyl (C=O) groups excluding carboxylic acids is 2. The van der Waals surface area contributed by atoms with E-state index < -0.39 is 0 Å². The average molecular weight is 398 g/mol. The van der Waals surface area contributed by atoms with Crippen molar-refractivity contribution in [2.75, 3.05) is 19.7 Å². The Hall–Kier alpha value is -3.09. The summed E-state index contributed by atoms with van der Waals surface area (Å²) in [7, 11) is 0. The normalized spacial score (nSPS) is 15.0. The van der Waals surface area contributed by atoms with Crippen molar-refractivity contribution in [3.8, 4) is 0 Å². The Bertz CT molecular complexity index is 1010. The molecule has 152 valence electrons. The summed E-state index contributed by atoms with van der Waals surface area (Å²) in [5.74, 6) is -0.727. The second-order valence-electron chi connectivity index (χ2n) is 7.23. The minimum atomic E-state index is -0.296. The maximum atomic E-state index is 13.2. The minimum Gasteiger partial charge on any atom is -0.466 e. The second kappa shape index (κ2) is 8.11. The van der Waals surface area contributed by atoms with Crippen LogP contribution in [0.1, 0.15) is 35.8 Å². The number of ether oxygens (including phenoxy) is 1. The molecule has 3 heterocycles. The van der Waals surface area contributed by atoms with Gasteiger partial charge in [0.2, 0.25) is 0 Å². The van der Waals surface area contributed by atoms with E-state index >= 15 is 0 Å². The molecule has 3 aromatic rings. The van der Waals surface area contributed by atoms with E-state index in [0.717, 1.165) is 11.1 Å². The van der Waals surface area contributed by atoms with Crippen LogP contribution in [0.5, 0.6) is 0 Å². The Kier molecular flexibility index (Phi) is 5.38. The van der Waals surface area contributed by atoms with Crippen LogP contribution in [0.2, 0.25) is 0 Å². The highest BCUT2D eigenvalue weighted by Gasteiger charge is 2.30. The summed E-state index contributed by atoms with van der Waals surface area (Å²) in [5, 5.41) is 0. The van der Waals surface area contributed by atoms with E-state index in [1.165, 1.54) is 12.1 Å². The zero-order chi connectivity index (χ0) is 20.4. The molecule has 0 aliphatic carbocycles. The predicted molar refractivity (Wildman–Crippen MR) is 105 cm³/mol. The number of aromatic nitrogens is 1. The maximum absolute atomic E-state index is 13.2. The Morgan fingerprint density at radius 2 is 1.90 bits per heavy atom.